The van der Waals surface area contributed by atoms with Gasteiger partial charge in [-0.3, -0.25) is 0 Å². The van der Waals surface area contributed by atoms with Gasteiger partial charge in [-0.05, 0) is 0 Å². The Labute approximate surface area is 108 Å². The molecule has 0 aliphatic carbocycles. The molecule has 2 rings (SSSR count). The molecule has 0 fully saturated rings. The molecular weight excluding hydrogens is 251 g/mol. The molecule has 0 aromatic carbocycles. The predicted octanol–water partition coefficient (Wildman–Crippen LogP) is 3.13. The van der Waals surface area contributed by atoms with Crippen LogP contribution in [-0.2, 0) is 22.9 Å². The van der Waals surface area contributed by atoms with Crippen LogP contribution in [0.5, 0.6) is 0 Å². The van der Waals surface area contributed by atoms with Crippen LogP contribution in [0, 0.1) is 27.7 Å². The third-order valence-corrected chi connectivity index (χ3v) is 9.60. The first kappa shape index (κ1) is 11.9. The minimum Gasteiger partial charge on any atom is -1.00 e. The Morgan fingerprint density at radius 3 is 1.53 bits per heavy atom. The molecule has 2 aromatic heterocycles. The zero-order chi connectivity index (χ0) is 11.0. The van der Waals surface area contributed by atoms with Gasteiger partial charge in [-0.2, -0.15) is 0 Å². The first-order valence-corrected chi connectivity index (χ1v) is 9.19. The summed E-state index contributed by atoms with van der Waals surface area (Å²) in [6.07, 6.45) is 0. The van der Waals surface area contributed by atoms with Gasteiger partial charge in [0.05, 0.1) is 0 Å². The standard InChI is InChI=1S/2C6H8P.Sc.H/c2*1-5-3-4-7-6(5)2;;/h2*4,7H,1-2H3;;/q;;+1;-1. The minimum atomic E-state index is -0.341. The Balaban J connectivity index is 0.00000128. The Bertz CT molecular complexity index is 441. The fourth-order valence-corrected chi connectivity index (χ4v) is 7.66. The second-order valence-corrected chi connectivity index (χ2v) is 9.18. The van der Waals surface area contributed by atoms with E-state index in [0.29, 0.717) is 0 Å². The molecule has 0 nitrogen and oxygen atoms in total. The van der Waals surface area contributed by atoms with Crippen molar-refractivity contribution in [2.75, 3.05) is 0 Å². The van der Waals surface area contributed by atoms with Crippen LogP contribution in [0.2, 0.25) is 0 Å². The summed E-state index contributed by atoms with van der Waals surface area (Å²) in [4.78, 5) is 0. The van der Waals surface area contributed by atoms with Gasteiger partial charge in [0.25, 0.3) is 0 Å². The largest absolute Gasteiger partial charge is 1.00 e. The molecule has 0 bridgehead atoms. The Hall–Kier alpha value is 0.430. The van der Waals surface area contributed by atoms with E-state index >= 15 is 0 Å². The van der Waals surface area contributed by atoms with E-state index in [1.807, 2.05) is 0 Å². The predicted molar refractivity (Wildman–Crippen MR) is 71.2 cm³/mol. The summed E-state index contributed by atoms with van der Waals surface area (Å²) in [7, 11) is 1.93. The van der Waals surface area contributed by atoms with Gasteiger partial charge in [-0.1, -0.05) is 0 Å². The number of hydrogen-bond acceptors (Lipinski definition) is 0. The van der Waals surface area contributed by atoms with Crippen LogP contribution in [0.3, 0.4) is 0 Å². The molecule has 0 radical (unpaired) electrons. The molecule has 0 saturated carbocycles. The van der Waals surface area contributed by atoms with Crippen molar-refractivity contribution >= 4 is 23.0 Å². The van der Waals surface area contributed by atoms with E-state index in [4.69, 9.17) is 0 Å². The average molecular weight is 268 g/mol. The maximum Gasteiger partial charge on any atom is -1.00 e. The van der Waals surface area contributed by atoms with Gasteiger partial charge in [-0.15, -0.1) is 0 Å². The zero-order valence-corrected chi connectivity index (χ0v) is 13.5. The topological polar surface area (TPSA) is 0 Å². The molecule has 0 spiro atoms. The molecule has 2 unspecified atom stereocenters. The Morgan fingerprint density at radius 2 is 1.27 bits per heavy atom. The van der Waals surface area contributed by atoms with E-state index in [2.05, 4.69) is 39.3 Å². The maximum atomic E-state index is 2.50. The summed E-state index contributed by atoms with van der Waals surface area (Å²) in [5.41, 5.74) is 3.21. The van der Waals surface area contributed by atoms with Crippen LogP contribution in [0.1, 0.15) is 23.1 Å². The third-order valence-electron chi connectivity index (χ3n) is 3.19. The monoisotopic (exact) mass is 268 g/mol. The van der Waals surface area contributed by atoms with E-state index in [0.717, 1.165) is 16.4 Å². The summed E-state index contributed by atoms with van der Waals surface area (Å²) >= 11 is -0.341. The van der Waals surface area contributed by atoms with Crippen LogP contribution >= 0.6 is 16.4 Å². The first-order chi connectivity index (χ1) is 7.09. The molecule has 2 atom stereocenters. The van der Waals surface area contributed by atoms with Crippen LogP contribution in [0.4, 0.5) is 0 Å². The third kappa shape index (κ3) is 2.41. The van der Waals surface area contributed by atoms with Gasteiger partial charge < -0.3 is 1.43 Å². The summed E-state index contributed by atoms with van der Waals surface area (Å²) in [5.74, 6) is 4.99. The van der Waals surface area contributed by atoms with Crippen LogP contribution < -0.4 is 6.64 Å². The fraction of sp³-hybridized carbons (Fsp3) is 0.333. The fourth-order valence-electron chi connectivity index (χ4n) is 1.71. The molecule has 2 aromatic rings. The average Bonchev–Trinajstić information content (AvgIpc) is 2.68. The Morgan fingerprint density at radius 1 is 0.867 bits per heavy atom. The van der Waals surface area contributed by atoms with E-state index in [1.165, 1.54) is 0 Å². The number of aryl methyl sites for hydroxylation is 2. The molecule has 0 amide bonds. The van der Waals surface area contributed by atoms with Crippen molar-refractivity contribution in [3.8, 4) is 0 Å². The van der Waals surface area contributed by atoms with Gasteiger partial charge in [0, 0.05) is 0 Å². The normalized spacial score (nSPS) is 11.5. The summed E-state index contributed by atoms with van der Waals surface area (Å²) in [6.45, 7) is 9.19. The molecule has 0 aliphatic rings. The summed E-state index contributed by atoms with van der Waals surface area (Å²) < 4.78 is 3.44. The number of rotatable bonds is 2. The van der Waals surface area contributed by atoms with Crippen molar-refractivity contribution in [3.05, 3.63) is 33.3 Å². The van der Waals surface area contributed by atoms with Crippen molar-refractivity contribution in [1.29, 1.82) is 0 Å². The van der Waals surface area contributed by atoms with Gasteiger partial charge in [0.2, 0.25) is 0 Å². The summed E-state index contributed by atoms with van der Waals surface area (Å²) in [6, 6.07) is 0. The van der Waals surface area contributed by atoms with Crippen LogP contribution in [0.25, 0.3) is 0 Å². The van der Waals surface area contributed by atoms with Crippen molar-refractivity contribution in [3.63, 3.8) is 0 Å². The molecule has 15 heavy (non-hydrogen) atoms. The van der Waals surface area contributed by atoms with E-state index in [1.54, 1.807) is 28.4 Å². The van der Waals surface area contributed by atoms with E-state index < -0.39 is 0 Å². The van der Waals surface area contributed by atoms with E-state index in [-0.39, 0.29) is 24.3 Å². The van der Waals surface area contributed by atoms with Gasteiger partial charge >= 0.3 is 107 Å². The maximum absolute atomic E-state index is 2.50. The molecule has 78 valence electrons. The molecule has 0 aliphatic heterocycles. The molecule has 0 saturated heterocycles. The van der Waals surface area contributed by atoms with Crippen molar-refractivity contribution in [2.45, 2.75) is 27.7 Å². The Kier molecular flexibility index (Phi) is 3.76. The quantitative estimate of drug-likeness (QED) is 0.785. The second kappa shape index (κ2) is 4.74. The van der Waals surface area contributed by atoms with Crippen molar-refractivity contribution < 1.29 is 24.3 Å². The van der Waals surface area contributed by atoms with Crippen molar-refractivity contribution in [1.82, 2.24) is 0 Å². The van der Waals surface area contributed by atoms with E-state index in [9.17, 15) is 0 Å². The smallest absolute Gasteiger partial charge is 1.00 e. The minimum absolute atomic E-state index is 0. The van der Waals surface area contributed by atoms with Crippen LogP contribution in [0.15, 0.2) is 11.6 Å². The second-order valence-electron chi connectivity index (χ2n) is 4.13. The van der Waals surface area contributed by atoms with Crippen molar-refractivity contribution in [2.24, 2.45) is 0 Å². The van der Waals surface area contributed by atoms with Crippen LogP contribution in [-0.4, -0.2) is 0 Å². The molecule has 3 heteroatoms. The summed E-state index contributed by atoms with van der Waals surface area (Å²) in [5, 5.41) is 3.23. The van der Waals surface area contributed by atoms with Gasteiger partial charge in [-0.25, -0.2) is 0 Å². The van der Waals surface area contributed by atoms with Gasteiger partial charge in [0.1, 0.15) is 0 Å². The molecule has 2 heterocycles. The number of hydrogen-bond donors (Lipinski definition) is 0. The zero-order valence-electron chi connectivity index (χ0n) is 10.7. The van der Waals surface area contributed by atoms with Gasteiger partial charge in [0.15, 0.2) is 0 Å². The molecular formula is C12H17P2Sc. The first-order valence-electron chi connectivity index (χ1n) is 5.23. The molecule has 0 N–H and O–H groups in total. The SMILES string of the molecule is Cc1[pH]c[c]([Sc+][c]2c[pH]c(C)c2C)c1C.[H-].